The molecule has 1 aliphatic carbocycles. The van der Waals surface area contributed by atoms with Crippen LogP contribution in [0.25, 0.3) is 0 Å². The average Bonchev–Trinajstić information content (AvgIpc) is 3.00. The Morgan fingerprint density at radius 3 is 2.88 bits per heavy atom. The number of anilines is 1. The van der Waals surface area contributed by atoms with Gasteiger partial charge in [-0.25, -0.2) is 4.79 Å². The molecular formula is C11H12N2O4. The Labute approximate surface area is 97.2 Å². The second-order valence-corrected chi connectivity index (χ2v) is 4.50. The summed E-state index contributed by atoms with van der Waals surface area (Å²) in [6.45, 7) is 0. The van der Waals surface area contributed by atoms with E-state index in [2.05, 4.69) is 5.32 Å². The zero-order valence-electron chi connectivity index (χ0n) is 9.27. The van der Waals surface area contributed by atoms with Crippen LogP contribution in [0, 0.1) is 5.92 Å². The van der Waals surface area contributed by atoms with Crippen molar-refractivity contribution in [3.05, 3.63) is 11.9 Å². The van der Waals surface area contributed by atoms with Crippen LogP contribution in [0.15, 0.2) is 6.20 Å². The molecule has 1 fully saturated rings. The van der Waals surface area contributed by atoms with Gasteiger partial charge in [0.2, 0.25) is 0 Å². The number of aromatic nitrogens is 1. The molecule has 17 heavy (non-hydrogen) atoms. The molecule has 1 aromatic rings. The first kappa shape index (κ1) is 10.2. The number of carbonyl (C=O) groups is 2. The summed E-state index contributed by atoms with van der Waals surface area (Å²) in [6, 6.07) is 0. The Kier molecular flexibility index (Phi) is 1.95. The topological polar surface area (TPSA) is 80.6 Å². The van der Waals surface area contributed by atoms with Crippen LogP contribution in [0.2, 0.25) is 0 Å². The van der Waals surface area contributed by atoms with Gasteiger partial charge in [-0.2, -0.15) is 0 Å². The molecular weight excluding hydrogens is 224 g/mol. The molecule has 1 saturated carbocycles. The Hall–Kier alpha value is -1.98. The number of aryl methyl sites for hydroxylation is 1. The molecule has 3 rings (SSSR count). The lowest BCUT2D eigenvalue weighted by Crippen LogP contribution is -2.38. The minimum absolute atomic E-state index is 0.0747. The Bertz CT molecular complexity index is 516. The fraction of sp³-hybridized carbons (Fsp3) is 0.455. The largest absolute Gasteiger partial charge is 0.476 e. The molecule has 1 amide bonds. The third kappa shape index (κ3) is 1.48. The van der Waals surface area contributed by atoms with Crippen molar-refractivity contribution in [2.45, 2.75) is 18.9 Å². The number of hydrogen-bond acceptors (Lipinski definition) is 3. The second kappa shape index (κ2) is 3.26. The van der Waals surface area contributed by atoms with Crippen molar-refractivity contribution < 1.29 is 19.4 Å². The highest BCUT2D eigenvalue weighted by Crippen LogP contribution is 2.42. The summed E-state index contributed by atoms with van der Waals surface area (Å²) in [5.74, 6) is -0.733. The summed E-state index contributed by atoms with van der Waals surface area (Å²) in [6.07, 6.45) is 2.94. The summed E-state index contributed by atoms with van der Waals surface area (Å²) in [5.41, 5.74) is 0.512. The Balaban J connectivity index is 2.03. The molecule has 1 atom stereocenters. The first-order valence-electron chi connectivity index (χ1n) is 5.48. The first-order valence-corrected chi connectivity index (χ1v) is 5.48. The third-order valence-corrected chi connectivity index (χ3v) is 3.15. The second-order valence-electron chi connectivity index (χ2n) is 4.50. The number of carbonyl (C=O) groups excluding carboxylic acids is 1. The van der Waals surface area contributed by atoms with Crippen LogP contribution in [0.1, 0.15) is 23.3 Å². The molecule has 0 saturated heterocycles. The number of nitrogens with zero attached hydrogens (tertiary/aromatic N) is 1. The van der Waals surface area contributed by atoms with E-state index in [4.69, 9.17) is 9.84 Å². The minimum atomic E-state index is -1.06. The van der Waals surface area contributed by atoms with E-state index in [1.165, 1.54) is 4.57 Å². The summed E-state index contributed by atoms with van der Waals surface area (Å²) in [4.78, 5) is 22.9. The normalized spacial score (nSPS) is 22.6. The van der Waals surface area contributed by atoms with Crippen LogP contribution < -0.4 is 10.1 Å². The number of carboxylic acid groups (broad SMARTS) is 1. The zero-order valence-corrected chi connectivity index (χ0v) is 9.27. The van der Waals surface area contributed by atoms with Crippen LogP contribution in [0.3, 0.4) is 0 Å². The minimum Gasteiger partial charge on any atom is -0.476 e. The van der Waals surface area contributed by atoms with Crippen molar-refractivity contribution in [1.29, 1.82) is 0 Å². The molecule has 6 nitrogen and oxygen atoms in total. The molecule has 2 aliphatic rings. The van der Waals surface area contributed by atoms with Crippen molar-refractivity contribution in [3.8, 4) is 5.75 Å². The third-order valence-electron chi connectivity index (χ3n) is 3.15. The summed E-state index contributed by atoms with van der Waals surface area (Å²) >= 11 is 0. The van der Waals surface area contributed by atoms with Crippen molar-refractivity contribution in [3.63, 3.8) is 0 Å². The number of aromatic carboxylic acids is 1. The fourth-order valence-electron chi connectivity index (χ4n) is 2.15. The maximum absolute atomic E-state index is 11.7. The van der Waals surface area contributed by atoms with Gasteiger partial charge in [0, 0.05) is 19.2 Å². The molecule has 0 bridgehead atoms. The van der Waals surface area contributed by atoms with Gasteiger partial charge in [0.25, 0.3) is 5.91 Å². The van der Waals surface area contributed by atoms with Crippen LogP contribution in [-0.2, 0) is 11.8 Å². The van der Waals surface area contributed by atoms with Crippen LogP contribution >= 0.6 is 0 Å². The van der Waals surface area contributed by atoms with Gasteiger partial charge in [-0.05, 0) is 12.8 Å². The standard InChI is InChI=1S/C11H12N2O4/c1-13-4-6-9(7(13)11(15)16)17-8(5-2-3-5)10(14)12-6/h4-5,8H,2-3H2,1H3,(H,12,14)(H,15,16). The van der Waals surface area contributed by atoms with Crippen molar-refractivity contribution in [1.82, 2.24) is 4.57 Å². The van der Waals surface area contributed by atoms with Gasteiger partial charge in [-0.3, -0.25) is 4.79 Å². The van der Waals surface area contributed by atoms with Gasteiger partial charge < -0.3 is 19.7 Å². The molecule has 2 heterocycles. The molecule has 0 aromatic carbocycles. The molecule has 90 valence electrons. The molecule has 1 unspecified atom stereocenters. The smallest absolute Gasteiger partial charge is 0.356 e. The van der Waals surface area contributed by atoms with Gasteiger partial charge in [0.1, 0.15) is 5.69 Å². The number of ether oxygens (including phenoxy) is 1. The number of hydrogen-bond donors (Lipinski definition) is 2. The maximum Gasteiger partial charge on any atom is 0.356 e. The number of amides is 1. The number of fused-ring (bicyclic) bond motifs is 1. The van der Waals surface area contributed by atoms with E-state index in [9.17, 15) is 9.59 Å². The summed E-state index contributed by atoms with van der Waals surface area (Å²) < 4.78 is 7.01. The lowest BCUT2D eigenvalue weighted by molar-refractivity contribution is -0.124. The summed E-state index contributed by atoms with van der Waals surface area (Å²) in [7, 11) is 1.61. The van der Waals surface area contributed by atoms with Gasteiger partial charge in [-0.1, -0.05) is 0 Å². The van der Waals surface area contributed by atoms with E-state index < -0.39 is 12.1 Å². The Morgan fingerprint density at radius 1 is 1.59 bits per heavy atom. The van der Waals surface area contributed by atoms with Crippen molar-refractivity contribution >= 4 is 17.6 Å². The van der Waals surface area contributed by atoms with Crippen LogP contribution in [0.5, 0.6) is 5.75 Å². The molecule has 6 heteroatoms. The number of nitrogens with one attached hydrogen (secondary N) is 1. The highest BCUT2D eigenvalue weighted by molar-refractivity contribution is 6.02. The fourth-order valence-corrected chi connectivity index (χ4v) is 2.15. The Morgan fingerprint density at radius 2 is 2.29 bits per heavy atom. The van der Waals surface area contributed by atoms with Crippen molar-refractivity contribution in [2.24, 2.45) is 13.0 Å². The highest BCUT2D eigenvalue weighted by Gasteiger charge is 2.42. The summed E-state index contributed by atoms with van der Waals surface area (Å²) in [5, 5.41) is 11.8. The molecule has 1 aliphatic heterocycles. The maximum atomic E-state index is 11.7. The lowest BCUT2D eigenvalue weighted by Gasteiger charge is -2.23. The highest BCUT2D eigenvalue weighted by atomic mass is 16.5. The van der Waals surface area contributed by atoms with Crippen LogP contribution in [-0.4, -0.2) is 27.7 Å². The van der Waals surface area contributed by atoms with Gasteiger partial charge >= 0.3 is 5.97 Å². The van der Waals surface area contributed by atoms with Crippen molar-refractivity contribution in [2.75, 3.05) is 5.32 Å². The number of rotatable bonds is 2. The van der Waals surface area contributed by atoms with E-state index in [-0.39, 0.29) is 23.3 Å². The first-order chi connectivity index (χ1) is 8.08. The van der Waals surface area contributed by atoms with Gasteiger partial charge in [0.05, 0.1) is 0 Å². The lowest BCUT2D eigenvalue weighted by atomic mass is 10.2. The monoisotopic (exact) mass is 236 g/mol. The molecule has 1 aromatic heterocycles. The van der Waals surface area contributed by atoms with E-state index in [0.717, 1.165) is 12.8 Å². The van der Waals surface area contributed by atoms with E-state index >= 15 is 0 Å². The molecule has 0 radical (unpaired) electrons. The zero-order chi connectivity index (χ0) is 12.2. The predicted octanol–water partition coefficient (Wildman–Crippen LogP) is 0.833. The van der Waals surface area contributed by atoms with E-state index in [1.54, 1.807) is 13.2 Å². The van der Waals surface area contributed by atoms with Crippen LogP contribution in [0.4, 0.5) is 5.69 Å². The average molecular weight is 236 g/mol. The molecule has 2 N–H and O–H groups in total. The van der Waals surface area contributed by atoms with E-state index in [1.807, 2.05) is 0 Å². The predicted molar refractivity (Wildman–Crippen MR) is 58.1 cm³/mol. The van der Waals surface area contributed by atoms with E-state index in [0.29, 0.717) is 5.69 Å². The SMILES string of the molecule is Cn1cc2c(c1C(=O)O)OC(C1CC1)C(=O)N2. The number of carboxylic acids is 1. The van der Waals surface area contributed by atoms with Gasteiger partial charge in [-0.15, -0.1) is 0 Å². The van der Waals surface area contributed by atoms with Gasteiger partial charge in [0.15, 0.2) is 17.5 Å². The quantitative estimate of drug-likeness (QED) is 0.797. The molecule has 0 spiro atoms.